The van der Waals surface area contributed by atoms with Crippen molar-refractivity contribution in [3.63, 3.8) is 0 Å². The van der Waals surface area contributed by atoms with Gasteiger partial charge in [-0.1, -0.05) is 6.92 Å². The molecule has 2 rings (SSSR count). The Bertz CT molecular complexity index is 348. The zero-order valence-electron chi connectivity index (χ0n) is 7.95. The van der Waals surface area contributed by atoms with E-state index in [-0.39, 0.29) is 6.04 Å². The Morgan fingerprint density at radius 3 is 3.21 bits per heavy atom. The molecule has 0 fully saturated rings. The minimum absolute atomic E-state index is 0.0855. The quantitative estimate of drug-likeness (QED) is 0.640. The molecule has 0 saturated heterocycles. The van der Waals surface area contributed by atoms with E-state index in [1.54, 1.807) is 6.33 Å². The fourth-order valence-electron chi connectivity index (χ4n) is 1.86. The third kappa shape index (κ3) is 1.39. The van der Waals surface area contributed by atoms with Gasteiger partial charge in [0.2, 0.25) is 0 Å². The molecule has 2 atom stereocenters. The Labute approximate surface area is 81.5 Å². The van der Waals surface area contributed by atoms with Gasteiger partial charge in [0.05, 0.1) is 17.7 Å². The molecule has 0 aliphatic carbocycles. The maximum atomic E-state index is 10.8. The van der Waals surface area contributed by atoms with E-state index in [4.69, 9.17) is 5.11 Å². The number of aliphatic carboxylic acids is 1. The largest absolute Gasteiger partial charge is 0.480 e. The third-order valence-electron chi connectivity index (χ3n) is 2.61. The molecule has 14 heavy (non-hydrogen) atoms. The van der Waals surface area contributed by atoms with Crippen molar-refractivity contribution in [1.82, 2.24) is 15.3 Å². The van der Waals surface area contributed by atoms with E-state index in [1.807, 2.05) is 6.92 Å². The summed E-state index contributed by atoms with van der Waals surface area (Å²) in [6.45, 7) is 2.02. The van der Waals surface area contributed by atoms with Gasteiger partial charge in [-0.3, -0.25) is 10.1 Å². The number of imidazole rings is 1. The van der Waals surface area contributed by atoms with Gasteiger partial charge in [0, 0.05) is 12.5 Å². The number of nitrogens with one attached hydrogen (secondary N) is 2. The van der Waals surface area contributed by atoms with Crippen molar-refractivity contribution in [2.45, 2.75) is 31.8 Å². The monoisotopic (exact) mass is 195 g/mol. The highest BCUT2D eigenvalue weighted by atomic mass is 16.4. The molecule has 5 heteroatoms. The summed E-state index contributed by atoms with van der Waals surface area (Å²) in [6, 6.07) is -0.418. The SMILES string of the molecule is CC[C@@H]1N[C@H](C(=O)O)Cc2nc[nH]c21. The highest BCUT2D eigenvalue weighted by Crippen LogP contribution is 2.24. The van der Waals surface area contributed by atoms with Crippen molar-refractivity contribution in [3.8, 4) is 0 Å². The number of nitrogens with zero attached hydrogens (tertiary/aromatic N) is 1. The maximum absolute atomic E-state index is 10.8. The van der Waals surface area contributed by atoms with E-state index in [1.165, 1.54) is 0 Å². The van der Waals surface area contributed by atoms with Gasteiger partial charge in [0.1, 0.15) is 6.04 Å². The zero-order chi connectivity index (χ0) is 10.1. The summed E-state index contributed by atoms with van der Waals surface area (Å²) >= 11 is 0. The topological polar surface area (TPSA) is 78.0 Å². The average Bonchev–Trinajstić information content (AvgIpc) is 2.63. The van der Waals surface area contributed by atoms with Gasteiger partial charge in [-0.15, -0.1) is 0 Å². The first-order valence-electron chi connectivity index (χ1n) is 4.73. The van der Waals surface area contributed by atoms with E-state index in [0.717, 1.165) is 17.8 Å². The summed E-state index contributed by atoms with van der Waals surface area (Å²) in [6.07, 6.45) is 2.95. The number of aromatic amines is 1. The lowest BCUT2D eigenvalue weighted by Crippen LogP contribution is -2.44. The number of fused-ring (bicyclic) bond motifs is 1. The van der Waals surface area contributed by atoms with Gasteiger partial charge in [-0.2, -0.15) is 0 Å². The number of rotatable bonds is 2. The fourth-order valence-corrected chi connectivity index (χ4v) is 1.86. The maximum Gasteiger partial charge on any atom is 0.321 e. The van der Waals surface area contributed by atoms with E-state index >= 15 is 0 Å². The van der Waals surface area contributed by atoms with E-state index in [9.17, 15) is 4.79 Å². The normalized spacial score (nSPS) is 25.8. The van der Waals surface area contributed by atoms with E-state index < -0.39 is 12.0 Å². The van der Waals surface area contributed by atoms with Crippen LogP contribution >= 0.6 is 0 Å². The number of H-pyrrole nitrogens is 1. The van der Waals surface area contributed by atoms with Crippen LogP contribution in [0.5, 0.6) is 0 Å². The summed E-state index contributed by atoms with van der Waals surface area (Å²) in [5.74, 6) is -0.808. The Hall–Kier alpha value is -1.36. The van der Waals surface area contributed by atoms with Crippen molar-refractivity contribution in [3.05, 3.63) is 17.7 Å². The van der Waals surface area contributed by atoms with Crippen LogP contribution in [-0.2, 0) is 11.2 Å². The molecule has 0 amide bonds. The standard InChI is InChI=1S/C9H13N3O2/c1-2-5-8-6(10-4-11-8)3-7(12-5)9(13)14/h4-5,7,12H,2-3H2,1H3,(H,10,11)(H,13,14)/t5-,7-/m0/s1. The zero-order valence-corrected chi connectivity index (χ0v) is 7.95. The van der Waals surface area contributed by atoms with Crippen LogP contribution in [-0.4, -0.2) is 27.1 Å². The second-order valence-corrected chi connectivity index (χ2v) is 3.49. The number of hydrogen-bond acceptors (Lipinski definition) is 3. The fraction of sp³-hybridized carbons (Fsp3) is 0.556. The van der Waals surface area contributed by atoms with Crippen molar-refractivity contribution < 1.29 is 9.90 Å². The summed E-state index contributed by atoms with van der Waals surface area (Å²) in [7, 11) is 0. The number of carboxylic acid groups (broad SMARTS) is 1. The van der Waals surface area contributed by atoms with Crippen LogP contribution in [0.25, 0.3) is 0 Å². The van der Waals surface area contributed by atoms with Gasteiger partial charge in [-0.25, -0.2) is 4.98 Å². The van der Waals surface area contributed by atoms with E-state index in [0.29, 0.717) is 6.42 Å². The van der Waals surface area contributed by atoms with Crippen molar-refractivity contribution >= 4 is 5.97 Å². The number of carbonyl (C=O) groups is 1. The third-order valence-corrected chi connectivity index (χ3v) is 2.61. The molecule has 76 valence electrons. The number of hydrogen-bond donors (Lipinski definition) is 3. The van der Waals surface area contributed by atoms with Crippen LogP contribution in [0.3, 0.4) is 0 Å². The van der Waals surface area contributed by atoms with Crippen LogP contribution in [0.4, 0.5) is 0 Å². The van der Waals surface area contributed by atoms with Crippen molar-refractivity contribution in [2.75, 3.05) is 0 Å². The molecule has 1 aliphatic rings. The number of carboxylic acids is 1. The minimum atomic E-state index is -0.808. The smallest absolute Gasteiger partial charge is 0.321 e. The second kappa shape index (κ2) is 3.42. The summed E-state index contributed by atoms with van der Waals surface area (Å²) in [5, 5.41) is 12.0. The first-order valence-corrected chi connectivity index (χ1v) is 4.73. The Morgan fingerprint density at radius 2 is 2.57 bits per heavy atom. The van der Waals surface area contributed by atoms with Gasteiger partial charge in [0.25, 0.3) is 0 Å². The minimum Gasteiger partial charge on any atom is -0.480 e. The Kier molecular flexibility index (Phi) is 2.25. The lowest BCUT2D eigenvalue weighted by atomic mass is 9.98. The van der Waals surface area contributed by atoms with Crippen LogP contribution in [0.2, 0.25) is 0 Å². The van der Waals surface area contributed by atoms with Crippen LogP contribution in [0.15, 0.2) is 6.33 Å². The molecule has 0 bridgehead atoms. The van der Waals surface area contributed by atoms with Crippen LogP contribution < -0.4 is 5.32 Å². The highest BCUT2D eigenvalue weighted by molar-refractivity contribution is 5.74. The summed E-state index contributed by atoms with van der Waals surface area (Å²) < 4.78 is 0. The molecule has 0 spiro atoms. The van der Waals surface area contributed by atoms with Crippen molar-refractivity contribution in [1.29, 1.82) is 0 Å². The van der Waals surface area contributed by atoms with Crippen LogP contribution in [0, 0.1) is 0 Å². The highest BCUT2D eigenvalue weighted by Gasteiger charge is 2.30. The number of aromatic nitrogens is 2. The molecule has 0 aromatic carbocycles. The van der Waals surface area contributed by atoms with Crippen molar-refractivity contribution in [2.24, 2.45) is 0 Å². The molecule has 0 radical (unpaired) electrons. The second-order valence-electron chi connectivity index (χ2n) is 3.49. The average molecular weight is 195 g/mol. The molecule has 1 aromatic heterocycles. The molecule has 1 aliphatic heterocycles. The molecule has 0 unspecified atom stereocenters. The predicted molar refractivity (Wildman–Crippen MR) is 49.9 cm³/mol. The van der Waals surface area contributed by atoms with Gasteiger partial charge < -0.3 is 10.1 Å². The molecule has 1 aromatic rings. The summed E-state index contributed by atoms with van der Waals surface area (Å²) in [4.78, 5) is 18.0. The summed E-state index contributed by atoms with van der Waals surface area (Å²) in [5.41, 5.74) is 1.91. The lowest BCUT2D eigenvalue weighted by molar-refractivity contribution is -0.139. The molecular weight excluding hydrogens is 182 g/mol. The van der Waals surface area contributed by atoms with Crippen LogP contribution in [0.1, 0.15) is 30.8 Å². The molecule has 0 saturated carbocycles. The molecule has 3 N–H and O–H groups in total. The molecule has 2 heterocycles. The first-order chi connectivity index (χ1) is 6.72. The Morgan fingerprint density at radius 1 is 1.79 bits per heavy atom. The molecular formula is C9H13N3O2. The first kappa shape index (κ1) is 9.21. The van der Waals surface area contributed by atoms with Gasteiger partial charge >= 0.3 is 5.97 Å². The van der Waals surface area contributed by atoms with E-state index in [2.05, 4.69) is 15.3 Å². The lowest BCUT2D eigenvalue weighted by Gasteiger charge is -2.27. The van der Waals surface area contributed by atoms with Gasteiger partial charge in [-0.05, 0) is 6.42 Å². The predicted octanol–water partition coefficient (Wildman–Crippen LogP) is 0.460. The van der Waals surface area contributed by atoms with Gasteiger partial charge in [0.15, 0.2) is 0 Å². The Balaban J connectivity index is 2.28. The molecule has 5 nitrogen and oxygen atoms in total.